The molecule has 2 fully saturated rings. The van der Waals surface area contributed by atoms with Crippen LogP contribution >= 0.6 is 0 Å². The predicted octanol–water partition coefficient (Wildman–Crippen LogP) is 4.69. The zero-order chi connectivity index (χ0) is 18.0. The summed E-state index contributed by atoms with van der Waals surface area (Å²) in [4.78, 5) is 2.65. The molecule has 0 amide bonds. The highest BCUT2D eigenvalue weighted by Gasteiger charge is 2.39. The summed E-state index contributed by atoms with van der Waals surface area (Å²) in [5, 5.41) is 3.52. The van der Waals surface area contributed by atoms with Crippen LogP contribution in [0.4, 0.5) is 4.39 Å². The molecule has 2 heterocycles. The van der Waals surface area contributed by atoms with Gasteiger partial charge >= 0.3 is 0 Å². The predicted molar refractivity (Wildman–Crippen MR) is 105 cm³/mol. The molecule has 26 heavy (non-hydrogen) atoms. The van der Waals surface area contributed by atoms with Gasteiger partial charge in [-0.2, -0.15) is 0 Å². The number of nitrogens with zero attached hydrogens (tertiary/aromatic N) is 1. The molecular formula is C23H29FN2. The van der Waals surface area contributed by atoms with Gasteiger partial charge in [-0.25, -0.2) is 4.39 Å². The van der Waals surface area contributed by atoms with E-state index in [-0.39, 0.29) is 11.9 Å². The van der Waals surface area contributed by atoms with Gasteiger partial charge in [-0.1, -0.05) is 42.0 Å². The highest BCUT2D eigenvalue weighted by Crippen LogP contribution is 2.42. The molecule has 2 saturated heterocycles. The van der Waals surface area contributed by atoms with Gasteiger partial charge in [0.15, 0.2) is 0 Å². The number of piperidine rings is 2. The Bertz CT molecular complexity index is 666. The number of hydrogen-bond acceptors (Lipinski definition) is 2. The second kappa shape index (κ2) is 7.50. The number of benzene rings is 2. The van der Waals surface area contributed by atoms with Crippen molar-refractivity contribution in [1.82, 2.24) is 10.2 Å². The van der Waals surface area contributed by atoms with E-state index < -0.39 is 0 Å². The van der Waals surface area contributed by atoms with Gasteiger partial charge in [0.05, 0.1) is 6.04 Å². The third-order valence-electron chi connectivity index (χ3n) is 6.30. The summed E-state index contributed by atoms with van der Waals surface area (Å²) >= 11 is 0. The van der Waals surface area contributed by atoms with Crippen LogP contribution in [0.5, 0.6) is 0 Å². The lowest BCUT2D eigenvalue weighted by Gasteiger charge is -2.48. The third-order valence-corrected chi connectivity index (χ3v) is 6.30. The molecule has 0 aromatic heterocycles. The minimum absolute atomic E-state index is 0.162. The van der Waals surface area contributed by atoms with Crippen molar-refractivity contribution in [3.8, 4) is 0 Å². The van der Waals surface area contributed by atoms with E-state index in [9.17, 15) is 4.39 Å². The summed E-state index contributed by atoms with van der Waals surface area (Å²) in [6, 6.07) is 16.2. The molecule has 0 radical (unpaired) electrons. The minimum Gasteiger partial charge on any atom is -0.317 e. The number of rotatable bonds is 3. The van der Waals surface area contributed by atoms with Crippen molar-refractivity contribution in [3.05, 3.63) is 71.0 Å². The molecule has 2 aromatic carbocycles. The Morgan fingerprint density at radius 1 is 0.923 bits per heavy atom. The van der Waals surface area contributed by atoms with Crippen LogP contribution in [0.25, 0.3) is 0 Å². The standard InChI is InChI=1S/C23H29FN2/c1-18-3-5-19(6-4-18)22(20-7-9-21(24)10-8-20)26-16-2-11-23(17-26)12-14-25-15-13-23/h3-10,22,25H,2,11-17H2,1H3. The monoisotopic (exact) mass is 352 g/mol. The van der Waals surface area contributed by atoms with Crippen LogP contribution in [0.2, 0.25) is 0 Å². The van der Waals surface area contributed by atoms with Crippen molar-refractivity contribution in [3.63, 3.8) is 0 Å². The van der Waals surface area contributed by atoms with Gasteiger partial charge in [-0.15, -0.1) is 0 Å². The molecule has 0 bridgehead atoms. The van der Waals surface area contributed by atoms with Crippen LogP contribution in [-0.2, 0) is 0 Å². The van der Waals surface area contributed by atoms with Gasteiger partial charge < -0.3 is 5.32 Å². The molecule has 0 aliphatic carbocycles. The van der Waals surface area contributed by atoms with Gasteiger partial charge in [-0.05, 0) is 80.9 Å². The quantitative estimate of drug-likeness (QED) is 0.862. The summed E-state index contributed by atoms with van der Waals surface area (Å²) in [7, 11) is 0. The maximum absolute atomic E-state index is 13.5. The highest BCUT2D eigenvalue weighted by molar-refractivity contribution is 5.34. The maximum Gasteiger partial charge on any atom is 0.123 e. The van der Waals surface area contributed by atoms with Crippen LogP contribution in [0.3, 0.4) is 0 Å². The van der Waals surface area contributed by atoms with Crippen molar-refractivity contribution in [2.24, 2.45) is 5.41 Å². The second-order valence-corrected chi connectivity index (χ2v) is 8.19. The van der Waals surface area contributed by atoms with E-state index in [0.717, 1.165) is 26.2 Å². The lowest BCUT2D eigenvalue weighted by atomic mass is 9.72. The molecule has 1 unspecified atom stereocenters. The van der Waals surface area contributed by atoms with Crippen molar-refractivity contribution in [2.75, 3.05) is 26.2 Å². The zero-order valence-corrected chi connectivity index (χ0v) is 15.7. The topological polar surface area (TPSA) is 15.3 Å². The summed E-state index contributed by atoms with van der Waals surface area (Å²) in [6.07, 6.45) is 5.14. The molecule has 2 nitrogen and oxygen atoms in total. The number of hydrogen-bond donors (Lipinski definition) is 1. The van der Waals surface area contributed by atoms with Crippen LogP contribution in [0.15, 0.2) is 48.5 Å². The molecule has 2 aromatic rings. The highest BCUT2D eigenvalue weighted by atomic mass is 19.1. The Morgan fingerprint density at radius 3 is 2.19 bits per heavy atom. The molecule has 138 valence electrons. The average molecular weight is 352 g/mol. The van der Waals surface area contributed by atoms with Gasteiger partial charge in [-0.3, -0.25) is 4.90 Å². The fraction of sp³-hybridized carbons (Fsp3) is 0.478. The summed E-state index contributed by atoms with van der Waals surface area (Å²) < 4.78 is 13.5. The smallest absolute Gasteiger partial charge is 0.123 e. The van der Waals surface area contributed by atoms with E-state index in [0.29, 0.717) is 5.41 Å². The van der Waals surface area contributed by atoms with Gasteiger partial charge in [0, 0.05) is 6.54 Å². The second-order valence-electron chi connectivity index (χ2n) is 8.19. The Labute approximate surface area is 156 Å². The molecule has 4 rings (SSSR count). The Hall–Kier alpha value is -1.71. The maximum atomic E-state index is 13.5. The largest absolute Gasteiger partial charge is 0.317 e. The zero-order valence-electron chi connectivity index (χ0n) is 15.7. The summed E-state index contributed by atoms with van der Waals surface area (Å²) in [5.41, 5.74) is 4.24. The first-order valence-electron chi connectivity index (χ1n) is 9.92. The van der Waals surface area contributed by atoms with E-state index in [4.69, 9.17) is 0 Å². The van der Waals surface area contributed by atoms with Crippen molar-refractivity contribution in [1.29, 1.82) is 0 Å². The van der Waals surface area contributed by atoms with Gasteiger partial charge in [0.2, 0.25) is 0 Å². The minimum atomic E-state index is -0.162. The van der Waals surface area contributed by atoms with E-state index in [1.165, 1.54) is 42.4 Å². The molecule has 1 spiro atoms. The molecular weight excluding hydrogens is 323 g/mol. The van der Waals surface area contributed by atoms with Crippen molar-refractivity contribution < 1.29 is 4.39 Å². The van der Waals surface area contributed by atoms with Crippen LogP contribution < -0.4 is 5.32 Å². The first kappa shape index (κ1) is 17.7. The van der Waals surface area contributed by atoms with E-state index in [1.807, 2.05) is 12.1 Å². The van der Waals surface area contributed by atoms with Crippen LogP contribution in [0.1, 0.15) is 48.4 Å². The molecule has 2 aliphatic heterocycles. The van der Waals surface area contributed by atoms with Gasteiger partial charge in [0.1, 0.15) is 5.82 Å². The number of aryl methyl sites for hydroxylation is 1. The third kappa shape index (κ3) is 3.70. The number of halogens is 1. The van der Waals surface area contributed by atoms with Gasteiger partial charge in [0.25, 0.3) is 0 Å². The lowest BCUT2D eigenvalue weighted by molar-refractivity contribution is 0.0422. The van der Waals surface area contributed by atoms with E-state index in [1.54, 1.807) is 12.1 Å². The molecule has 1 atom stereocenters. The van der Waals surface area contributed by atoms with Crippen molar-refractivity contribution in [2.45, 2.75) is 38.6 Å². The molecule has 1 N–H and O–H groups in total. The molecule has 2 aliphatic rings. The first-order valence-corrected chi connectivity index (χ1v) is 9.92. The van der Waals surface area contributed by atoms with E-state index in [2.05, 4.69) is 41.4 Å². The van der Waals surface area contributed by atoms with Crippen molar-refractivity contribution >= 4 is 0 Å². The summed E-state index contributed by atoms with van der Waals surface area (Å²) in [5.74, 6) is -0.162. The fourth-order valence-electron chi connectivity index (χ4n) is 4.84. The number of likely N-dealkylation sites (tertiary alicyclic amines) is 1. The Balaban J connectivity index is 1.67. The fourth-order valence-corrected chi connectivity index (χ4v) is 4.84. The first-order chi connectivity index (χ1) is 12.7. The van der Waals surface area contributed by atoms with Crippen LogP contribution in [-0.4, -0.2) is 31.1 Å². The SMILES string of the molecule is Cc1ccc(C(c2ccc(F)cc2)N2CCCC3(CCNCC3)C2)cc1. The normalized spacial score (nSPS) is 21.6. The van der Waals surface area contributed by atoms with Crippen LogP contribution in [0, 0.1) is 18.2 Å². The Morgan fingerprint density at radius 2 is 1.54 bits per heavy atom. The Kier molecular flexibility index (Phi) is 5.10. The van der Waals surface area contributed by atoms with E-state index >= 15 is 0 Å². The average Bonchev–Trinajstić information content (AvgIpc) is 2.66. The summed E-state index contributed by atoms with van der Waals surface area (Å²) in [6.45, 7) is 6.66. The number of nitrogens with one attached hydrogen (secondary N) is 1. The molecule has 3 heteroatoms. The molecule has 0 saturated carbocycles. The lowest BCUT2D eigenvalue weighted by Crippen LogP contribution is -2.49.